The van der Waals surface area contributed by atoms with Gasteiger partial charge in [0.25, 0.3) is 0 Å². The van der Waals surface area contributed by atoms with Gasteiger partial charge >= 0.3 is 6.09 Å². The molecule has 0 radical (unpaired) electrons. The number of anilines is 1. The Morgan fingerprint density at radius 1 is 0.947 bits per heavy atom. The van der Waals surface area contributed by atoms with E-state index < -0.39 is 11.6 Å². The number of nitrogens with zero attached hydrogens (tertiary/aromatic N) is 1. The lowest BCUT2D eigenvalue weighted by Crippen LogP contribution is -2.52. The summed E-state index contributed by atoms with van der Waals surface area (Å²) in [6.07, 6.45) is 0.212. The number of rotatable bonds is 7. The highest BCUT2D eigenvalue weighted by Crippen LogP contribution is 2.43. The first-order chi connectivity index (χ1) is 18.1. The van der Waals surface area contributed by atoms with E-state index in [1.807, 2.05) is 86.3 Å². The van der Waals surface area contributed by atoms with Gasteiger partial charge < -0.3 is 24.3 Å². The van der Waals surface area contributed by atoms with Crippen molar-refractivity contribution in [3.63, 3.8) is 0 Å². The van der Waals surface area contributed by atoms with Crippen LogP contribution in [0.15, 0.2) is 60.7 Å². The lowest BCUT2D eigenvalue weighted by Gasteiger charge is -2.44. The number of amides is 1. The normalized spacial score (nSPS) is 16.9. The number of halogens is 1. The zero-order valence-corrected chi connectivity index (χ0v) is 23.5. The van der Waals surface area contributed by atoms with Crippen LogP contribution < -0.4 is 19.5 Å². The molecule has 0 bridgehead atoms. The van der Waals surface area contributed by atoms with Crippen LogP contribution in [0.4, 0.5) is 10.5 Å². The molecule has 0 saturated carbocycles. The summed E-state index contributed by atoms with van der Waals surface area (Å²) in [7, 11) is 4.87. The number of fused-ring (bicyclic) bond motifs is 1. The van der Waals surface area contributed by atoms with Gasteiger partial charge in [-0.15, -0.1) is 0 Å². The van der Waals surface area contributed by atoms with Gasteiger partial charge in [0.2, 0.25) is 0 Å². The Bertz CT molecular complexity index is 1260. The molecular weight excluding hydrogens is 504 g/mol. The lowest BCUT2D eigenvalue weighted by molar-refractivity contribution is 0.00740. The zero-order chi connectivity index (χ0) is 27.4. The molecule has 3 aromatic carbocycles. The van der Waals surface area contributed by atoms with Gasteiger partial charge in [-0.2, -0.15) is 0 Å². The molecule has 202 valence electrons. The fraction of sp³-hybridized carbons (Fsp3) is 0.367. The molecule has 7 nitrogen and oxygen atoms in total. The van der Waals surface area contributed by atoms with E-state index in [1.54, 1.807) is 21.3 Å². The van der Waals surface area contributed by atoms with Crippen molar-refractivity contribution in [1.29, 1.82) is 0 Å². The molecule has 3 aromatic rings. The standard InChI is InChI=1S/C30H35ClN2O5/c1-30(2,3)38-29(34)33-23(18-32-22-11-9-21(31)10-12-22)15-20-16-26(36-5)27(37-6)17-25(20)28(33)19-7-13-24(35-4)14-8-19/h7-14,16-17,23,28,32H,15,18H2,1-6H3/t23-,28-/m0/s1. The van der Waals surface area contributed by atoms with Crippen molar-refractivity contribution in [1.82, 2.24) is 4.90 Å². The first-order valence-corrected chi connectivity index (χ1v) is 12.9. The fourth-order valence-corrected chi connectivity index (χ4v) is 4.88. The second kappa shape index (κ2) is 11.4. The Labute approximate surface area is 229 Å². The summed E-state index contributed by atoms with van der Waals surface area (Å²) in [6.45, 7) is 6.13. The van der Waals surface area contributed by atoms with Crippen LogP contribution in [0.5, 0.6) is 17.2 Å². The number of carbonyl (C=O) groups is 1. The SMILES string of the molecule is COc1ccc([C@H]2c3cc(OC)c(OC)cc3C[C@@H](CNc3ccc(Cl)cc3)N2C(=O)OC(C)(C)C)cc1. The fourth-order valence-electron chi connectivity index (χ4n) is 4.75. The van der Waals surface area contributed by atoms with Crippen LogP contribution in [0.25, 0.3) is 0 Å². The third-order valence-electron chi connectivity index (χ3n) is 6.49. The van der Waals surface area contributed by atoms with Gasteiger partial charge in [0.1, 0.15) is 11.4 Å². The Morgan fingerprint density at radius 2 is 1.58 bits per heavy atom. The molecule has 1 aliphatic heterocycles. The molecule has 0 unspecified atom stereocenters. The minimum absolute atomic E-state index is 0.224. The van der Waals surface area contributed by atoms with E-state index in [0.29, 0.717) is 29.5 Å². The molecule has 1 heterocycles. The molecule has 8 heteroatoms. The molecule has 38 heavy (non-hydrogen) atoms. The maximum Gasteiger partial charge on any atom is 0.411 e. The second-order valence-corrected chi connectivity index (χ2v) is 10.7. The molecule has 1 N–H and O–H groups in total. The Morgan fingerprint density at radius 3 is 2.16 bits per heavy atom. The third kappa shape index (κ3) is 6.10. The van der Waals surface area contributed by atoms with Crippen LogP contribution in [-0.2, 0) is 11.2 Å². The average Bonchev–Trinajstić information content (AvgIpc) is 2.90. The number of nitrogens with one attached hydrogen (secondary N) is 1. The number of benzene rings is 3. The van der Waals surface area contributed by atoms with Gasteiger partial charge in [-0.05, 0) is 92.4 Å². The summed E-state index contributed by atoms with van der Waals surface area (Å²) < 4.78 is 22.6. The van der Waals surface area contributed by atoms with Gasteiger partial charge in [0.15, 0.2) is 11.5 Å². The topological polar surface area (TPSA) is 69.3 Å². The van der Waals surface area contributed by atoms with Gasteiger partial charge in [0.05, 0.1) is 33.4 Å². The quantitative estimate of drug-likeness (QED) is 0.360. The van der Waals surface area contributed by atoms with Crippen LogP contribution in [-0.4, -0.2) is 50.5 Å². The largest absolute Gasteiger partial charge is 0.497 e. The molecule has 0 aromatic heterocycles. The minimum atomic E-state index is -0.659. The number of ether oxygens (including phenoxy) is 4. The first-order valence-electron chi connectivity index (χ1n) is 12.5. The van der Waals surface area contributed by atoms with E-state index in [4.69, 9.17) is 30.5 Å². The number of hydrogen-bond donors (Lipinski definition) is 1. The van der Waals surface area contributed by atoms with Crippen LogP contribution in [0.1, 0.15) is 43.5 Å². The maximum atomic E-state index is 13.9. The molecule has 0 aliphatic carbocycles. The second-order valence-electron chi connectivity index (χ2n) is 10.2. The van der Waals surface area contributed by atoms with Gasteiger partial charge in [0, 0.05) is 17.3 Å². The minimum Gasteiger partial charge on any atom is -0.497 e. The zero-order valence-electron chi connectivity index (χ0n) is 22.7. The number of hydrogen-bond acceptors (Lipinski definition) is 6. The Hall–Kier alpha value is -3.58. The predicted molar refractivity (Wildman–Crippen MR) is 150 cm³/mol. The molecule has 0 fully saturated rings. The summed E-state index contributed by atoms with van der Waals surface area (Å²) in [5, 5.41) is 4.14. The van der Waals surface area contributed by atoms with Crippen molar-refractivity contribution < 1.29 is 23.7 Å². The van der Waals surface area contributed by atoms with E-state index in [1.165, 1.54) is 0 Å². The Kier molecular flexibility index (Phi) is 8.26. The molecule has 1 amide bonds. The van der Waals surface area contributed by atoms with Crippen molar-refractivity contribution in [2.75, 3.05) is 33.2 Å². The van der Waals surface area contributed by atoms with Crippen LogP contribution in [0, 0.1) is 0 Å². The van der Waals surface area contributed by atoms with Crippen molar-refractivity contribution in [2.24, 2.45) is 0 Å². The smallest absolute Gasteiger partial charge is 0.411 e. The molecular formula is C30H35ClN2O5. The van der Waals surface area contributed by atoms with Gasteiger partial charge in [-0.1, -0.05) is 23.7 Å². The van der Waals surface area contributed by atoms with Crippen molar-refractivity contribution in [2.45, 2.75) is 44.9 Å². The highest BCUT2D eigenvalue weighted by molar-refractivity contribution is 6.30. The first kappa shape index (κ1) is 27.5. The van der Waals surface area contributed by atoms with Crippen molar-refractivity contribution in [3.8, 4) is 17.2 Å². The van der Waals surface area contributed by atoms with E-state index in [0.717, 1.165) is 28.1 Å². The Balaban J connectivity index is 1.83. The van der Waals surface area contributed by atoms with Crippen LogP contribution in [0.3, 0.4) is 0 Å². The van der Waals surface area contributed by atoms with E-state index in [-0.39, 0.29) is 12.1 Å². The lowest BCUT2D eigenvalue weighted by atomic mass is 9.84. The average molecular weight is 539 g/mol. The number of methoxy groups -OCH3 is 3. The molecule has 0 saturated heterocycles. The van der Waals surface area contributed by atoms with E-state index >= 15 is 0 Å². The van der Waals surface area contributed by atoms with Crippen LogP contribution in [0.2, 0.25) is 5.02 Å². The van der Waals surface area contributed by atoms with E-state index in [2.05, 4.69) is 5.32 Å². The summed E-state index contributed by atoms with van der Waals surface area (Å²) in [5.41, 5.74) is 3.22. The van der Waals surface area contributed by atoms with Gasteiger partial charge in [-0.25, -0.2) is 4.79 Å². The summed E-state index contributed by atoms with van der Waals surface area (Å²) in [4.78, 5) is 15.7. The monoisotopic (exact) mass is 538 g/mol. The van der Waals surface area contributed by atoms with Crippen LogP contribution >= 0.6 is 11.6 Å². The predicted octanol–water partition coefficient (Wildman–Crippen LogP) is 6.73. The summed E-state index contributed by atoms with van der Waals surface area (Å²) in [6, 6.07) is 18.6. The maximum absolute atomic E-state index is 13.9. The van der Waals surface area contributed by atoms with Crippen molar-refractivity contribution >= 4 is 23.4 Å². The molecule has 0 spiro atoms. The highest BCUT2D eigenvalue weighted by atomic mass is 35.5. The molecule has 2 atom stereocenters. The van der Waals surface area contributed by atoms with Gasteiger partial charge in [-0.3, -0.25) is 4.90 Å². The highest BCUT2D eigenvalue weighted by Gasteiger charge is 2.41. The number of carbonyl (C=O) groups excluding carboxylic acids is 1. The third-order valence-corrected chi connectivity index (χ3v) is 6.74. The summed E-state index contributed by atoms with van der Waals surface area (Å²) in [5.74, 6) is 1.99. The molecule has 1 aliphatic rings. The summed E-state index contributed by atoms with van der Waals surface area (Å²) >= 11 is 6.08. The van der Waals surface area contributed by atoms with E-state index in [9.17, 15) is 4.79 Å². The van der Waals surface area contributed by atoms with Crippen molar-refractivity contribution in [3.05, 3.63) is 82.4 Å². The molecule has 4 rings (SSSR count).